The van der Waals surface area contributed by atoms with E-state index in [1.807, 2.05) is 41.8 Å². The van der Waals surface area contributed by atoms with Crippen LogP contribution >= 0.6 is 0 Å². The third-order valence-corrected chi connectivity index (χ3v) is 4.61. The van der Waals surface area contributed by atoms with Crippen molar-refractivity contribution >= 4 is 28.6 Å². The van der Waals surface area contributed by atoms with Crippen molar-refractivity contribution in [1.82, 2.24) is 30.2 Å². The summed E-state index contributed by atoms with van der Waals surface area (Å²) in [6, 6.07) is 9.51. The van der Waals surface area contributed by atoms with E-state index in [-0.39, 0.29) is 12.4 Å². The SMILES string of the molecule is CCn1c(-c2nonc2N)nc2cncc(NCCNC(=O)OCc3ccccc3)c21. The van der Waals surface area contributed by atoms with Crippen molar-refractivity contribution in [3.63, 3.8) is 0 Å². The summed E-state index contributed by atoms with van der Waals surface area (Å²) in [5.41, 5.74) is 9.45. The van der Waals surface area contributed by atoms with Crippen LogP contribution in [-0.2, 0) is 17.9 Å². The number of fused-ring (bicyclic) bond motifs is 1. The fourth-order valence-corrected chi connectivity index (χ4v) is 3.19. The molecule has 0 spiro atoms. The van der Waals surface area contributed by atoms with E-state index in [1.165, 1.54) is 0 Å². The zero-order valence-corrected chi connectivity index (χ0v) is 16.9. The predicted octanol–water partition coefficient (Wildman–Crippen LogP) is 2.42. The Bertz CT molecular complexity index is 1170. The number of amides is 1. The minimum absolute atomic E-state index is 0.172. The maximum atomic E-state index is 11.9. The largest absolute Gasteiger partial charge is 0.445 e. The molecule has 0 aliphatic carbocycles. The van der Waals surface area contributed by atoms with Crippen LogP contribution in [0.3, 0.4) is 0 Å². The van der Waals surface area contributed by atoms with Crippen molar-refractivity contribution in [2.24, 2.45) is 0 Å². The fraction of sp³-hybridized carbons (Fsp3) is 0.250. The Hall–Kier alpha value is -4.15. The summed E-state index contributed by atoms with van der Waals surface area (Å²) >= 11 is 0. The minimum Gasteiger partial charge on any atom is -0.445 e. The van der Waals surface area contributed by atoms with Crippen LogP contribution in [0.25, 0.3) is 22.6 Å². The number of aryl methyl sites for hydroxylation is 1. The molecule has 4 rings (SSSR count). The highest BCUT2D eigenvalue weighted by Gasteiger charge is 2.20. The topological polar surface area (TPSA) is 146 Å². The Kier molecular flexibility index (Phi) is 5.92. The van der Waals surface area contributed by atoms with Gasteiger partial charge in [0.05, 0.1) is 23.6 Å². The average molecular weight is 422 g/mol. The number of imidazole rings is 1. The van der Waals surface area contributed by atoms with E-state index in [9.17, 15) is 4.79 Å². The number of nitrogens with zero attached hydrogens (tertiary/aromatic N) is 5. The van der Waals surface area contributed by atoms with Crippen LogP contribution in [0, 0.1) is 0 Å². The standard InChI is InChI=1S/C20H22N8O3/c1-2-28-17-14(10-22-11-15(17)25-19(28)16-18(21)27-31-26-16)23-8-9-24-20(29)30-12-13-6-4-3-5-7-13/h3-7,10-11,23H,2,8-9,12H2,1H3,(H2,21,27)(H,24,29). The number of alkyl carbamates (subject to hydrolysis) is 1. The number of anilines is 2. The van der Waals surface area contributed by atoms with Crippen LogP contribution in [0.4, 0.5) is 16.3 Å². The molecule has 3 aromatic heterocycles. The van der Waals surface area contributed by atoms with E-state index in [0.29, 0.717) is 36.7 Å². The van der Waals surface area contributed by atoms with Crippen LogP contribution in [0.2, 0.25) is 0 Å². The second-order valence-electron chi connectivity index (χ2n) is 6.65. The third kappa shape index (κ3) is 4.39. The molecule has 11 nitrogen and oxygen atoms in total. The number of rotatable bonds is 8. The molecule has 11 heteroatoms. The van der Waals surface area contributed by atoms with Crippen molar-refractivity contribution in [3.05, 3.63) is 48.3 Å². The Morgan fingerprint density at radius 3 is 2.77 bits per heavy atom. The molecule has 4 N–H and O–H groups in total. The van der Waals surface area contributed by atoms with Gasteiger partial charge >= 0.3 is 6.09 Å². The third-order valence-electron chi connectivity index (χ3n) is 4.61. The predicted molar refractivity (Wildman–Crippen MR) is 114 cm³/mol. The van der Waals surface area contributed by atoms with E-state index in [4.69, 9.17) is 15.1 Å². The molecule has 31 heavy (non-hydrogen) atoms. The number of carbonyl (C=O) groups is 1. The van der Waals surface area contributed by atoms with Gasteiger partial charge in [-0.05, 0) is 22.8 Å². The van der Waals surface area contributed by atoms with E-state index < -0.39 is 6.09 Å². The number of nitrogens with one attached hydrogen (secondary N) is 2. The number of ether oxygens (including phenoxy) is 1. The van der Waals surface area contributed by atoms with Crippen molar-refractivity contribution in [2.75, 3.05) is 24.1 Å². The number of benzene rings is 1. The zero-order valence-electron chi connectivity index (χ0n) is 16.9. The number of nitrogens with two attached hydrogens (primary N) is 1. The summed E-state index contributed by atoms with van der Waals surface area (Å²) in [6.07, 6.45) is 2.90. The highest BCUT2D eigenvalue weighted by atomic mass is 16.6. The van der Waals surface area contributed by atoms with Crippen molar-refractivity contribution in [1.29, 1.82) is 0 Å². The minimum atomic E-state index is -0.475. The maximum absolute atomic E-state index is 11.9. The highest BCUT2D eigenvalue weighted by Crippen LogP contribution is 2.29. The molecule has 1 aromatic carbocycles. The first-order valence-electron chi connectivity index (χ1n) is 9.78. The summed E-state index contributed by atoms with van der Waals surface area (Å²) in [5.74, 6) is 0.723. The van der Waals surface area contributed by atoms with Gasteiger partial charge in [-0.2, -0.15) is 0 Å². The van der Waals surface area contributed by atoms with Crippen LogP contribution in [0.15, 0.2) is 47.4 Å². The maximum Gasteiger partial charge on any atom is 0.407 e. The van der Waals surface area contributed by atoms with Gasteiger partial charge in [-0.3, -0.25) is 4.98 Å². The monoisotopic (exact) mass is 422 g/mol. The van der Waals surface area contributed by atoms with Crippen LogP contribution in [-0.4, -0.2) is 44.0 Å². The molecule has 0 unspecified atom stereocenters. The summed E-state index contributed by atoms with van der Waals surface area (Å²) in [5, 5.41) is 13.5. The van der Waals surface area contributed by atoms with Crippen LogP contribution in [0.1, 0.15) is 12.5 Å². The smallest absolute Gasteiger partial charge is 0.407 e. The number of pyridine rings is 1. The molecule has 4 aromatic rings. The lowest BCUT2D eigenvalue weighted by atomic mass is 10.2. The van der Waals surface area contributed by atoms with Crippen LogP contribution in [0.5, 0.6) is 0 Å². The molecule has 1 amide bonds. The number of aromatic nitrogens is 5. The molecule has 0 aliphatic heterocycles. The Morgan fingerprint density at radius 1 is 1.19 bits per heavy atom. The lowest BCUT2D eigenvalue weighted by Crippen LogP contribution is -2.29. The molecule has 0 saturated heterocycles. The Balaban J connectivity index is 1.39. The second kappa shape index (κ2) is 9.11. The molecule has 0 atom stereocenters. The summed E-state index contributed by atoms with van der Waals surface area (Å²) in [4.78, 5) is 20.7. The molecule has 0 aliphatic rings. The lowest BCUT2D eigenvalue weighted by Gasteiger charge is -2.11. The Labute approximate surface area is 177 Å². The van der Waals surface area contributed by atoms with Crippen molar-refractivity contribution < 1.29 is 14.2 Å². The first-order chi connectivity index (χ1) is 15.2. The van der Waals surface area contributed by atoms with Gasteiger partial charge in [0.2, 0.25) is 0 Å². The van der Waals surface area contributed by atoms with Gasteiger partial charge in [-0.15, -0.1) is 0 Å². The van der Waals surface area contributed by atoms with E-state index in [0.717, 1.165) is 16.8 Å². The molecule has 0 bridgehead atoms. The van der Waals surface area contributed by atoms with Gasteiger partial charge in [0.15, 0.2) is 17.3 Å². The van der Waals surface area contributed by atoms with Gasteiger partial charge < -0.3 is 25.7 Å². The van der Waals surface area contributed by atoms with Crippen molar-refractivity contribution in [2.45, 2.75) is 20.1 Å². The molecule has 3 heterocycles. The number of hydrogen-bond donors (Lipinski definition) is 3. The van der Waals surface area contributed by atoms with Crippen LogP contribution < -0.4 is 16.4 Å². The Morgan fingerprint density at radius 2 is 2.03 bits per heavy atom. The molecule has 0 fully saturated rings. The molecule has 0 radical (unpaired) electrons. The number of carbonyl (C=O) groups excluding carboxylic acids is 1. The van der Waals surface area contributed by atoms with Gasteiger partial charge in [0.25, 0.3) is 0 Å². The summed E-state index contributed by atoms with van der Waals surface area (Å²) < 4.78 is 11.9. The first kappa shape index (κ1) is 20.1. The quantitative estimate of drug-likeness (QED) is 0.364. The van der Waals surface area contributed by atoms with Gasteiger partial charge in [0, 0.05) is 19.6 Å². The van der Waals surface area contributed by atoms with E-state index in [2.05, 4.69) is 30.9 Å². The lowest BCUT2D eigenvalue weighted by molar-refractivity contribution is 0.140. The molecule has 160 valence electrons. The average Bonchev–Trinajstić information content (AvgIpc) is 3.39. The number of nitrogen functional groups attached to an aromatic ring is 1. The zero-order chi connectivity index (χ0) is 21.6. The van der Waals surface area contributed by atoms with Gasteiger partial charge in [0.1, 0.15) is 12.1 Å². The normalized spacial score (nSPS) is 10.9. The summed E-state index contributed by atoms with van der Waals surface area (Å²) in [7, 11) is 0. The van der Waals surface area contributed by atoms with Gasteiger partial charge in [-0.25, -0.2) is 14.4 Å². The van der Waals surface area contributed by atoms with E-state index >= 15 is 0 Å². The summed E-state index contributed by atoms with van der Waals surface area (Å²) in [6.45, 7) is 3.68. The molecular weight excluding hydrogens is 400 g/mol. The van der Waals surface area contributed by atoms with Gasteiger partial charge in [-0.1, -0.05) is 30.3 Å². The van der Waals surface area contributed by atoms with Crippen molar-refractivity contribution in [3.8, 4) is 11.5 Å². The molecule has 0 saturated carbocycles. The fourth-order valence-electron chi connectivity index (χ4n) is 3.19. The second-order valence-corrected chi connectivity index (χ2v) is 6.65. The number of hydrogen-bond acceptors (Lipinski definition) is 9. The first-order valence-corrected chi connectivity index (χ1v) is 9.78. The molecular formula is C20H22N8O3. The highest BCUT2D eigenvalue weighted by molar-refractivity contribution is 5.90. The van der Waals surface area contributed by atoms with E-state index in [1.54, 1.807) is 12.4 Å².